The number of nitrogens with one attached hydrogen (secondary N) is 1. The van der Waals surface area contributed by atoms with Gasteiger partial charge < -0.3 is 19.7 Å². The van der Waals surface area contributed by atoms with E-state index in [0.29, 0.717) is 25.2 Å². The van der Waals surface area contributed by atoms with E-state index >= 15 is 0 Å². The third-order valence-corrected chi connectivity index (χ3v) is 11.3. The molecule has 0 heterocycles. The number of ether oxygens (including phenoxy) is 2. The van der Waals surface area contributed by atoms with Crippen molar-refractivity contribution in [2.75, 3.05) is 44.8 Å². The number of unbranched alkanes of at least 4 members (excludes halogenated alkanes) is 23. The molecule has 1 N–H and O–H groups in total. The van der Waals surface area contributed by atoms with Crippen LogP contribution in [0.15, 0.2) is 0 Å². The minimum atomic E-state index is -0.0300. The summed E-state index contributed by atoms with van der Waals surface area (Å²) in [5.74, 6) is 0.633. The Morgan fingerprint density at radius 2 is 0.927 bits per heavy atom. The van der Waals surface area contributed by atoms with Gasteiger partial charge in [0, 0.05) is 19.4 Å². The average Bonchev–Trinajstić information content (AvgIpc) is 3.17. The molecule has 1 unspecified atom stereocenters. The molecule has 0 spiro atoms. The SMILES string of the molecule is CCCCCCCCCOC(=O)CCCCCCCN(CCCCCCCC(=O)OC(CCCCCCC)CCCCCCCC)CCCNC(=O)CSC. The molecule has 0 bridgehead atoms. The Morgan fingerprint density at radius 1 is 0.509 bits per heavy atom. The second kappa shape index (κ2) is 43.8. The van der Waals surface area contributed by atoms with Crippen molar-refractivity contribution in [1.82, 2.24) is 10.2 Å². The molecular weight excluding hydrogens is 705 g/mol. The van der Waals surface area contributed by atoms with Crippen LogP contribution >= 0.6 is 11.8 Å². The van der Waals surface area contributed by atoms with Gasteiger partial charge in [-0.15, -0.1) is 0 Å². The Hall–Kier alpha value is -1.28. The smallest absolute Gasteiger partial charge is 0.306 e. The van der Waals surface area contributed by atoms with Crippen LogP contribution in [0, 0.1) is 0 Å². The van der Waals surface area contributed by atoms with Gasteiger partial charge in [0.15, 0.2) is 0 Å². The number of hydrogen-bond acceptors (Lipinski definition) is 7. The number of rotatable bonds is 44. The Morgan fingerprint density at radius 3 is 1.44 bits per heavy atom. The second-order valence-corrected chi connectivity index (χ2v) is 17.1. The minimum absolute atomic E-state index is 0.0130. The van der Waals surface area contributed by atoms with Crippen molar-refractivity contribution < 1.29 is 23.9 Å². The predicted octanol–water partition coefficient (Wildman–Crippen LogP) is 13.2. The van der Waals surface area contributed by atoms with Crippen molar-refractivity contribution in [3.05, 3.63) is 0 Å². The molecule has 326 valence electrons. The van der Waals surface area contributed by atoms with Crippen LogP contribution in [-0.2, 0) is 23.9 Å². The zero-order valence-corrected chi connectivity index (χ0v) is 37.9. The molecule has 0 aliphatic carbocycles. The lowest BCUT2D eigenvalue weighted by Gasteiger charge is -2.22. The van der Waals surface area contributed by atoms with Gasteiger partial charge in [-0.2, -0.15) is 11.8 Å². The maximum absolute atomic E-state index is 12.8. The molecule has 1 amide bonds. The highest BCUT2D eigenvalue weighted by molar-refractivity contribution is 7.99. The normalized spacial score (nSPS) is 11.9. The molecule has 1 atom stereocenters. The quantitative estimate of drug-likeness (QED) is 0.0485. The van der Waals surface area contributed by atoms with E-state index in [0.717, 1.165) is 96.8 Å². The summed E-state index contributed by atoms with van der Waals surface area (Å²) in [6, 6.07) is 0. The molecule has 0 rings (SSSR count). The standard InChI is InChI=1S/C47H92N2O5S/c1-5-8-11-14-16-25-32-42-53-46(51)36-28-21-17-23-30-39-49(41-33-38-48-45(50)43-55-4)40-31-24-18-22-29-37-47(52)54-44(34-26-19-13-10-7-3)35-27-20-15-12-9-6-2/h44H,5-43H2,1-4H3,(H,48,50). The lowest BCUT2D eigenvalue weighted by atomic mass is 10.0. The number of carbonyl (C=O) groups excluding carboxylic acids is 3. The summed E-state index contributed by atoms with van der Waals surface area (Å²) in [6.45, 7) is 11.3. The highest BCUT2D eigenvalue weighted by Gasteiger charge is 2.14. The van der Waals surface area contributed by atoms with Crippen molar-refractivity contribution in [2.24, 2.45) is 0 Å². The second-order valence-electron chi connectivity index (χ2n) is 16.2. The van der Waals surface area contributed by atoms with Crippen LogP contribution in [-0.4, -0.2) is 73.6 Å². The first-order valence-corrected chi connectivity index (χ1v) is 25.2. The number of esters is 2. The fourth-order valence-electron chi connectivity index (χ4n) is 7.27. The van der Waals surface area contributed by atoms with Crippen LogP contribution in [0.1, 0.15) is 233 Å². The topological polar surface area (TPSA) is 84.9 Å². The summed E-state index contributed by atoms with van der Waals surface area (Å²) in [5, 5.41) is 3.05. The largest absolute Gasteiger partial charge is 0.466 e. The molecule has 0 fully saturated rings. The van der Waals surface area contributed by atoms with Crippen LogP contribution in [0.3, 0.4) is 0 Å². The maximum atomic E-state index is 12.8. The van der Waals surface area contributed by atoms with Crippen molar-refractivity contribution in [3.8, 4) is 0 Å². The minimum Gasteiger partial charge on any atom is -0.466 e. The third kappa shape index (κ3) is 40.7. The number of amides is 1. The first-order chi connectivity index (χ1) is 27.0. The average molecular weight is 797 g/mol. The van der Waals surface area contributed by atoms with E-state index < -0.39 is 0 Å². The van der Waals surface area contributed by atoms with Crippen LogP contribution in [0.4, 0.5) is 0 Å². The number of hydrogen-bond donors (Lipinski definition) is 1. The molecular formula is C47H92N2O5S. The Kier molecular flexibility index (Phi) is 42.8. The number of nitrogens with zero attached hydrogens (tertiary/aromatic N) is 1. The molecule has 0 aromatic heterocycles. The van der Waals surface area contributed by atoms with Gasteiger partial charge in [-0.3, -0.25) is 14.4 Å². The van der Waals surface area contributed by atoms with E-state index in [4.69, 9.17) is 9.47 Å². The summed E-state index contributed by atoms with van der Waals surface area (Å²) in [5.41, 5.74) is 0. The van der Waals surface area contributed by atoms with E-state index in [1.165, 1.54) is 128 Å². The van der Waals surface area contributed by atoms with Crippen LogP contribution in [0.2, 0.25) is 0 Å². The molecule has 0 saturated carbocycles. The van der Waals surface area contributed by atoms with Gasteiger partial charge >= 0.3 is 11.9 Å². The van der Waals surface area contributed by atoms with Crippen molar-refractivity contribution in [1.29, 1.82) is 0 Å². The molecule has 0 saturated heterocycles. The fraction of sp³-hybridized carbons (Fsp3) is 0.936. The van der Waals surface area contributed by atoms with E-state index in [2.05, 4.69) is 31.0 Å². The Bertz CT molecular complexity index is 844. The zero-order valence-electron chi connectivity index (χ0n) is 37.1. The Labute approximate surface area is 346 Å². The zero-order chi connectivity index (χ0) is 40.3. The lowest BCUT2D eigenvalue weighted by Crippen LogP contribution is -2.32. The molecule has 0 aliphatic heterocycles. The van der Waals surface area contributed by atoms with Gasteiger partial charge in [0.05, 0.1) is 12.4 Å². The van der Waals surface area contributed by atoms with Crippen molar-refractivity contribution >= 4 is 29.6 Å². The van der Waals surface area contributed by atoms with Gasteiger partial charge in [0.1, 0.15) is 6.10 Å². The van der Waals surface area contributed by atoms with E-state index in [-0.39, 0.29) is 23.9 Å². The maximum Gasteiger partial charge on any atom is 0.306 e. The molecule has 0 radical (unpaired) electrons. The molecule has 8 heteroatoms. The summed E-state index contributed by atoms with van der Waals surface area (Å²) in [6.07, 6.45) is 39.9. The summed E-state index contributed by atoms with van der Waals surface area (Å²) >= 11 is 1.56. The first-order valence-electron chi connectivity index (χ1n) is 23.8. The molecule has 55 heavy (non-hydrogen) atoms. The van der Waals surface area contributed by atoms with Gasteiger partial charge in [-0.1, -0.05) is 156 Å². The summed E-state index contributed by atoms with van der Waals surface area (Å²) in [7, 11) is 0. The number of thioether (sulfide) groups is 1. The van der Waals surface area contributed by atoms with Crippen LogP contribution in [0.5, 0.6) is 0 Å². The first kappa shape index (κ1) is 53.7. The fourth-order valence-corrected chi connectivity index (χ4v) is 7.63. The third-order valence-electron chi connectivity index (χ3n) is 10.8. The predicted molar refractivity (Wildman–Crippen MR) is 238 cm³/mol. The number of carbonyl (C=O) groups is 3. The Balaban J connectivity index is 4.32. The molecule has 7 nitrogen and oxygen atoms in total. The summed E-state index contributed by atoms with van der Waals surface area (Å²) in [4.78, 5) is 39.3. The van der Waals surface area contributed by atoms with Crippen LogP contribution < -0.4 is 5.32 Å². The van der Waals surface area contributed by atoms with E-state index in [1.54, 1.807) is 11.8 Å². The highest BCUT2D eigenvalue weighted by Crippen LogP contribution is 2.18. The van der Waals surface area contributed by atoms with E-state index in [9.17, 15) is 14.4 Å². The highest BCUT2D eigenvalue weighted by atomic mass is 32.2. The van der Waals surface area contributed by atoms with Gasteiger partial charge in [0.25, 0.3) is 0 Å². The molecule has 0 aliphatic rings. The monoisotopic (exact) mass is 797 g/mol. The molecule has 0 aromatic carbocycles. The van der Waals surface area contributed by atoms with Crippen LogP contribution in [0.25, 0.3) is 0 Å². The lowest BCUT2D eigenvalue weighted by molar-refractivity contribution is -0.150. The van der Waals surface area contributed by atoms with Crippen molar-refractivity contribution in [3.63, 3.8) is 0 Å². The van der Waals surface area contributed by atoms with Gasteiger partial charge in [-0.25, -0.2) is 0 Å². The van der Waals surface area contributed by atoms with Gasteiger partial charge in [-0.05, 0) is 90.1 Å². The molecule has 0 aromatic rings. The van der Waals surface area contributed by atoms with Gasteiger partial charge in [0.2, 0.25) is 5.91 Å². The van der Waals surface area contributed by atoms with Crippen molar-refractivity contribution in [2.45, 2.75) is 239 Å². The summed E-state index contributed by atoms with van der Waals surface area (Å²) < 4.78 is 11.5. The van der Waals surface area contributed by atoms with E-state index in [1.807, 2.05) is 6.26 Å².